The molecule has 90 heavy (non-hydrogen) atoms. The Hall–Kier alpha value is -6.55. The monoisotopic (exact) mass is 1260 g/mol. The summed E-state index contributed by atoms with van der Waals surface area (Å²) in [5.74, 6) is -6.45. The van der Waals surface area contributed by atoms with E-state index in [4.69, 9.17) is 15.2 Å². The van der Waals surface area contributed by atoms with Gasteiger partial charge in [0.15, 0.2) is 5.78 Å². The number of nitriles is 1. The van der Waals surface area contributed by atoms with Gasteiger partial charge in [0, 0.05) is 96.7 Å². The maximum Gasteiger partial charge on any atom is 0.312 e. The van der Waals surface area contributed by atoms with Gasteiger partial charge in [-0.05, 0) is 120 Å². The van der Waals surface area contributed by atoms with E-state index in [0.29, 0.717) is 56.4 Å². The molecule has 3 rings (SSSR count). The lowest BCUT2D eigenvalue weighted by Crippen LogP contribution is -2.59. The summed E-state index contributed by atoms with van der Waals surface area (Å²) in [6.07, 6.45) is 2.53. The van der Waals surface area contributed by atoms with Crippen LogP contribution in [0.2, 0.25) is 0 Å². The molecule has 2 fully saturated rings. The number of nitrogens with one attached hydrogen (secondary N) is 6. The molecule has 13 atom stereocenters. The number of likely N-dealkylation sites (N-methyl/N-ethyl adjacent to an activating group) is 2. The molecule has 2 unspecified atom stereocenters. The Morgan fingerprint density at radius 2 is 1.43 bits per heavy atom. The van der Waals surface area contributed by atoms with Gasteiger partial charge in [-0.15, -0.1) is 0 Å². The van der Waals surface area contributed by atoms with Crippen molar-refractivity contribution >= 4 is 64.6 Å². The average molecular weight is 1260 g/mol. The fraction of sp³-hybridized carbons (Fsp3) is 0.742. The van der Waals surface area contributed by atoms with Crippen molar-refractivity contribution in [3.05, 3.63) is 29.8 Å². The summed E-state index contributed by atoms with van der Waals surface area (Å²) in [7, 11) is 9.98. The third-order valence-electron chi connectivity index (χ3n) is 18.3. The number of ketones is 2. The zero-order chi connectivity index (χ0) is 67.7. The zero-order valence-corrected chi connectivity index (χ0v) is 56.8. The van der Waals surface area contributed by atoms with Gasteiger partial charge in [-0.3, -0.25) is 48.1 Å². The average Bonchev–Trinajstić information content (AvgIpc) is 2.63. The van der Waals surface area contributed by atoms with E-state index in [-0.39, 0.29) is 110 Å². The van der Waals surface area contributed by atoms with Gasteiger partial charge in [0.1, 0.15) is 17.7 Å². The Morgan fingerprint density at radius 3 is 1.98 bits per heavy atom. The molecule has 9 amide bonds. The fourth-order valence-electron chi connectivity index (χ4n) is 12.9. The van der Waals surface area contributed by atoms with E-state index in [9.17, 15) is 53.2 Å². The molecule has 0 spiro atoms. The van der Waals surface area contributed by atoms with Crippen LogP contribution in [0, 0.1) is 58.7 Å². The molecule has 0 bridgehead atoms. The van der Waals surface area contributed by atoms with Crippen molar-refractivity contribution in [1.82, 2.24) is 46.2 Å². The predicted molar refractivity (Wildman–Crippen MR) is 345 cm³/mol. The van der Waals surface area contributed by atoms with Crippen LogP contribution in [0.5, 0.6) is 0 Å². The molecule has 24 nitrogen and oxygen atoms in total. The second-order valence-electron chi connectivity index (χ2n) is 26.1. The molecule has 506 valence electrons. The van der Waals surface area contributed by atoms with Crippen LogP contribution in [0.3, 0.4) is 0 Å². The van der Waals surface area contributed by atoms with Gasteiger partial charge in [0.05, 0.1) is 48.9 Å². The second kappa shape index (κ2) is 38.3. The number of hydrogen-bond acceptors (Lipinski definition) is 15. The number of methoxy groups -OCH3 is 2. The SMILES string of the molecule is CC[C@H](C)[C@@H]([C@@H](CC(=O)N1CCC[C@H]1[C@H](OC)[C@@H](C)C(=O)C[C@@H](C#N)C(=O)NCc1ccc(NC(=O)[C@H](CCCNC(N)=O)CC(=O)[C@@H](NC(=O)CCCN2CCC(C(=O)NC)CC2C)C(C)C)cc1)OC)N(C)C(=O)[C@@H](NC(=O)[C@H](C(C)C)N(C)C)C(C)C. The lowest BCUT2D eigenvalue weighted by Gasteiger charge is -2.41. The van der Waals surface area contributed by atoms with Crippen molar-refractivity contribution in [3.8, 4) is 6.07 Å². The number of nitrogens with two attached hydrogens (primary N) is 1. The molecule has 0 radical (unpaired) electrons. The van der Waals surface area contributed by atoms with Crippen LogP contribution in [-0.2, 0) is 59.2 Å². The number of primary amides is 1. The summed E-state index contributed by atoms with van der Waals surface area (Å²) in [5.41, 5.74) is 6.29. The number of benzene rings is 1. The van der Waals surface area contributed by atoms with E-state index >= 15 is 0 Å². The topological polar surface area (TPSA) is 324 Å². The van der Waals surface area contributed by atoms with Crippen LogP contribution in [-0.4, -0.2) is 196 Å². The lowest BCUT2D eigenvalue weighted by molar-refractivity contribution is -0.148. The molecule has 1 aromatic rings. The third kappa shape index (κ3) is 23.3. The Bertz CT molecular complexity index is 2570. The predicted octanol–water partition coefficient (Wildman–Crippen LogP) is 4.78. The largest absolute Gasteiger partial charge is 0.379 e. The van der Waals surface area contributed by atoms with Crippen molar-refractivity contribution in [2.24, 2.45) is 53.1 Å². The summed E-state index contributed by atoms with van der Waals surface area (Å²) >= 11 is 0. The van der Waals surface area contributed by atoms with Gasteiger partial charge >= 0.3 is 6.03 Å². The number of carbonyl (C=O) groups is 10. The van der Waals surface area contributed by atoms with E-state index in [1.807, 2.05) is 80.5 Å². The molecule has 2 aliphatic rings. The Balaban J connectivity index is 1.64. The normalized spacial score (nSPS) is 19.5. The van der Waals surface area contributed by atoms with E-state index < -0.39 is 90.2 Å². The van der Waals surface area contributed by atoms with Crippen molar-refractivity contribution < 1.29 is 57.4 Å². The number of ether oxygens (including phenoxy) is 2. The summed E-state index contributed by atoms with van der Waals surface area (Å²) in [6, 6.07) is 4.88. The fourth-order valence-corrected chi connectivity index (χ4v) is 12.9. The number of nitrogens with zero attached hydrogens (tertiary/aromatic N) is 5. The molecule has 0 aromatic heterocycles. The highest BCUT2D eigenvalue weighted by Crippen LogP contribution is 2.31. The number of hydrogen-bond donors (Lipinski definition) is 7. The summed E-state index contributed by atoms with van der Waals surface area (Å²) in [4.78, 5) is 142. The van der Waals surface area contributed by atoms with E-state index in [2.05, 4.69) is 43.7 Å². The van der Waals surface area contributed by atoms with Crippen molar-refractivity contribution in [2.75, 3.05) is 73.9 Å². The number of Topliss-reactive ketones (excluding diaryl/α,β-unsaturated/α-hetero) is 2. The molecule has 24 heteroatoms. The first-order chi connectivity index (χ1) is 42.5. The number of anilines is 1. The highest BCUT2D eigenvalue weighted by Gasteiger charge is 2.44. The molecule has 2 saturated heterocycles. The molecule has 1 aromatic carbocycles. The van der Waals surface area contributed by atoms with Gasteiger partial charge in [-0.25, -0.2) is 4.79 Å². The van der Waals surface area contributed by atoms with Crippen molar-refractivity contribution in [1.29, 1.82) is 5.26 Å². The smallest absolute Gasteiger partial charge is 0.312 e. The summed E-state index contributed by atoms with van der Waals surface area (Å²) in [6.45, 7) is 21.1. The molecule has 2 aliphatic heterocycles. The number of amides is 9. The number of rotatable bonds is 38. The van der Waals surface area contributed by atoms with Crippen LogP contribution < -0.4 is 37.6 Å². The quantitative estimate of drug-likeness (QED) is 0.0438. The first-order valence-corrected chi connectivity index (χ1v) is 32.5. The maximum absolute atomic E-state index is 14.5. The standard InChI is InChI=1S/C66H110N12O12/c1-17-42(8)59(76(14)65(87)57(40(4)5)74-64(86)58(41(6)7)75(12)13)53(89-15)36-55(82)78-31-19-22-50(78)60(90-16)44(10)51(79)35-48(37-67)62(84)71-38-45-24-26-49(27-25-45)72-63(85)46(21-18-29-70-66(68)88)34-52(80)56(39(2)3)73-54(81)23-20-30-77-32-28-47(33-43(77)9)61(83)69-11/h24-27,39-44,46-48,50,53,56-60H,17-23,28-36,38H2,1-16H3,(H,69,83)(H,71,84)(H,72,85)(H,73,81)(H,74,86)(H3,68,70,88)/t42-,43?,44-,46+,47?,48-,50-,53+,56-,57-,58-,59-,60+/m0/s1. The number of likely N-dealkylation sites (tertiary alicyclic amines) is 2. The van der Waals surface area contributed by atoms with Crippen molar-refractivity contribution in [2.45, 2.75) is 201 Å². The summed E-state index contributed by atoms with van der Waals surface area (Å²) in [5, 5.41) is 27.0. The van der Waals surface area contributed by atoms with Gasteiger partial charge in [0.25, 0.3) is 0 Å². The molecule has 0 saturated carbocycles. The Morgan fingerprint density at radius 1 is 0.778 bits per heavy atom. The minimum absolute atomic E-state index is 0.00420. The van der Waals surface area contributed by atoms with Crippen LogP contribution in [0.4, 0.5) is 10.5 Å². The third-order valence-corrected chi connectivity index (χ3v) is 18.3. The Kier molecular flexibility index (Phi) is 33.1. The van der Waals surface area contributed by atoms with Crippen LogP contribution in [0.15, 0.2) is 24.3 Å². The molecule has 0 aliphatic carbocycles. The minimum atomic E-state index is -1.34. The van der Waals surface area contributed by atoms with Crippen LogP contribution in [0.1, 0.15) is 152 Å². The van der Waals surface area contributed by atoms with E-state index in [1.165, 1.54) is 14.2 Å². The second-order valence-corrected chi connectivity index (χ2v) is 26.1. The Labute approximate surface area is 535 Å². The van der Waals surface area contributed by atoms with E-state index in [0.717, 1.165) is 19.4 Å². The number of carbonyl (C=O) groups excluding carboxylic acids is 10. The van der Waals surface area contributed by atoms with Crippen LogP contribution >= 0.6 is 0 Å². The zero-order valence-electron chi connectivity index (χ0n) is 56.8. The van der Waals surface area contributed by atoms with Gasteiger partial charge in [-0.1, -0.05) is 80.9 Å². The number of urea groups is 1. The van der Waals surface area contributed by atoms with Gasteiger partial charge in [-0.2, -0.15) is 5.26 Å². The van der Waals surface area contributed by atoms with E-state index in [1.54, 1.807) is 55.1 Å². The molecule has 2 heterocycles. The highest BCUT2D eigenvalue weighted by molar-refractivity contribution is 5.97. The highest BCUT2D eigenvalue weighted by atomic mass is 16.5. The molecular formula is C66H110N12O12. The molecular weight excluding hydrogens is 1150 g/mol. The first kappa shape index (κ1) is 77.7. The first-order valence-electron chi connectivity index (χ1n) is 32.5. The van der Waals surface area contributed by atoms with Gasteiger partial charge in [0.2, 0.25) is 41.4 Å². The maximum atomic E-state index is 14.5. The van der Waals surface area contributed by atoms with Crippen LogP contribution in [0.25, 0.3) is 0 Å². The molecule has 8 N–H and O–H groups in total. The minimum Gasteiger partial charge on any atom is -0.379 e. The summed E-state index contributed by atoms with van der Waals surface area (Å²) < 4.78 is 12.0. The van der Waals surface area contributed by atoms with Crippen molar-refractivity contribution in [3.63, 3.8) is 0 Å². The number of piperidine rings is 1. The van der Waals surface area contributed by atoms with Gasteiger partial charge < -0.3 is 61.8 Å². The lowest BCUT2D eigenvalue weighted by atomic mass is 9.87.